The van der Waals surface area contributed by atoms with E-state index in [0.717, 1.165) is 74.1 Å². The predicted octanol–water partition coefficient (Wildman–Crippen LogP) is 2.92. The summed E-state index contributed by atoms with van der Waals surface area (Å²) in [6, 6.07) is 3.19. The maximum Gasteiger partial charge on any atom is 0.333 e. The predicted molar refractivity (Wildman–Crippen MR) is 122 cm³/mol. The van der Waals surface area contributed by atoms with Gasteiger partial charge in [0.25, 0.3) is 10.0 Å². The SMILES string of the molecule is CC1CN(C(C)c2cc(S(=O)(=O)NC(=O)Nc3c4c(cc5c3CCC5)CCC4)nn2C)C1. The fraction of sp³-hybridized carbons (Fsp3) is 0.565. The number of carbonyl (C=O) groups excluding carboxylic acids is 1. The molecule has 0 spiro atoms. The van der Waals surface area contributed by atoms with Crippen LogP contribution in [0.1, 0.15) is 60.7 Å². The quantitative estimate of drug-likeness (QED) is 0.720. The number of amides is 2. The van der Waals surface area contributed by atoms with Gasteiger partial charge in [0.05, 0.1) is 5.69 Å². The molecule has 1 atom stereocenters. The standard InChI is InChI=1S/C23H31N5O3S/c1-14-12-28(13-14)15(2)20-11-21(25-27(20)3)32(30,31)26-23(29)24-22-18-8-4-6-16(18)10-17-7-5-9-19(17)22/h10-11,14-15H,4-9,12-13H2,1-3H3,(H2,24,26,29). The zero-order valence-corrected chi connectivity index (χ0v) is 19.8. The Balaban J connectivity index is 1.34. The van der Waals surface area contributed by atoms with Gasteiger partial charge in [0, 0.05) is 37.9 Å². The zero-order valence-electron chi connectivity index (χ0n) is 18.9. The van der Waals surface area contributed by atoms with E-state index in [1.54, 1.807) is 17.8 Å². The monoisotopic (exact) mass is 457 g/mol. The van der Waals surface area contributed by atoms with Crippen LogP contribution in [0.3, 0.4) is 0 Å². The fourth-order valence-electron chi connectivity index (χ4n) is 5.51. The highest BCUT2D eigenvalue weighted by Gasteiger charge is 2.32. The molecule has 1 fully saturated rings. The lowest BCUT2D eigenvalue weighted by Gasteiger charge is -2.41. The van der Waals surface area contributed by atoms with Gasteiger partial charge in [-0.25, -0.2) is 9.52 Å². The number of nitrogens with zero attached hydrogens (tertiary/aromatic N) is 3. The minimum Gasteiger partial charge on any atom is -0.307 e. The molecule has 0 saturated carbocycles. The summed E-state index contributed by atoms with van der Waals surface area (Å²) in [5.41, 5.74) is 6.53. The molecule has 2 N–H and O–H groups in total. The van der Waals surface area contributed by atoms with Gasteiger partial charge in [-0.2, -0.15) is 13.5 Å². The summed E-state index contributed by atoms with van der Waals surface area (Å²) in [7, 11) is -2.34. The van der Waals surface area contributed by atoms with E-state index in [1.165, 1.54) is 11.1 Å². The van der Waals surface area contributed by atoms with Crippen LogP contribution in [0.5, 0.6) is 0 Å². The van der Waals surface area contributed by atoms with Crippen molar-refractivity contribution in [2.24, 2.45) is 13.0 Å². The van der Waals surface area contributed by atoms with Gasteiger partial charge in [0.2, 0.25) is 0 Å². The Labute approximate surface area is 189 Å². The minimum absolute atomic E-state index is 0.0657. The third kappa shape index (κ3) is 3.71. The summed E-state index contributed by atoms with van der Waals surface area (Å²) in [5, 5.41) is 6.95. The number of carbonyl (C=O) groups is 1. The van der Waals surface area contributed by atoms with Crippen LogP contribution in [-0.2, 0) is 42.8 Å². The van der Waals surface area contributed by atoms with Crippen LogP contribution in [-0.4, -0.2) is 42.2 Å². The molecule has 172 valence electrons. The number of sulfonamides is 1. The van der Waals surface area contributed by atoms with Crippen molar-refractivity contribution in [3.63, 3.8) is 0 Å². The summed E-state index contributed by atoms with van der Waals surface area (Å²) >= 11 is 0. The van der Waals surface area contributed by atoms with Crippen LogP contribution < -0.4 is 10.0 Å². The molecule has 8 nitrogen and oxygen atoms in total. The normalized spacial score (nSPS) is 19.3. The van der Waals surface area contributed by atoms with Gasteiger partial charge in [-0.15, -0.1) is 0 Å². The Morgan fingerprint density at radius 3 is 2.31 bits per heavy atom. The van der Waals surface area contributed by atoms with Crippen LogP contribution in [0.2, 0.25) is 0 Å². The summed E-state index contributed by atoms with van der Waals surface area (Å²) in [5.74, 6) is 0.653. The highest BCUT2D eigenvalue weighted by atomic mass is 32.2. The lowest BCUT2D eigenvalue weighted by Crippen LogP contribution is -2.46. The molecule has 1 unspecified atom stereocenters. The molecule has 2 heterocycles. The van der Waals surface area contributed by atoms with Crippen LogP contribution in [0.15, 0.2) is 17.2 Å². The first-order chi connectivity index (χ1) is 15.2. The van der Waals surface area contributed by atoms with E-state index < -0.39 is 16.1 Å². The van der Waals surface area contributed by atoms with Gasteiger partial charge < -0.3 is 5.32 Å². The van der Waals surface area contributed by atoms with Gasteiger partial charge in [-0.05, 0) is 73.6 Å². The molecule has 9 heteroatoms. The zero-order chi connectivity index (χ0) is 22.6. The van der Waals surface area contributed by atoms with Crippen molar-refractivity contribution in [3.8, 4) is 0 Å². The molecule has 2 aliphatic carbocycles. The highest BCUT2D eigenvalue weighted by Crippen LogP contribution is 2.38. The average molecular weight is 458 g/mol. The number of benzene rings is 1. The van der Waals surface area contributed by atoms with Gasteiger partial charge in [-0.1, -0.05) is 13.0 Å². The topological polar surface area (TPSA) is 96.3 Å². The smallest absolute Gasteiger partial charge is 0.307 e. The lowest BCUT2D eigenvalue weighted by atomic mass is 9.99. The van der Waals surface area contributed by atoms with E-state index in [1.807, 2.05) is 0 Å². The maximum absolute atomic E-state index is 12.9. The van der Waals surface area contributed by atoms with E-state index in [9.17, 15) is 13.2 Å². The number of urea groups is 1. The van der Waals surface area contributed by atoms with Crippen molar-refractivity contribution in [1.29, 1.82) is 0 Å². The van der Waals surface area contributed by atoms with Crippen molar-refractivity contribution in [3.05, 3.63) is 40.1 Å². The van der Waals surface area contributed by atoms with Gasteiger partial charge in [-0.3, -0.25) is 9.58 Å². The van der Waals surface area contributed by atoms with E-state index >= 15 is 0 Å². The Morgan fingerprint density at radius 2 is 1.72 bits per heavy atom. The number of likely N-dealkylation sites (tertiary alicyclic amines) is 1. The Kier molecular flexibility index (Phi) is 5.28. The molecule has 5 rings (SSSR count). The summed E-state index contributed by atoms with van der Waals surface area (Å²) in [6.07, 6.45) is 6.00. The molecule has 1 aromatic heterocycles. The summed E-state index contributed by atoms with van der Waals surface area (Å²) in [6.45, 7) is 6.22. The molecular weight excluding hydrogens is 426 g/mol. The molecule has 1 saturated heterocycles. The number of anilines is 1. The van der Waals surface area contributed by atoms with Crippen LogP contribution in [0, 0.1) is 5.92 Å². The van der Waals surface area contributed by atoms with Crippen LogP contribution in [0.4, 0.5) is 10.5 Å². The maximum atomic E-state index is 12.9. The Bertz CT molecular complexity index is 1150. The second-order valence-electron chi connectivity index (χ2n) is 9.56. The number of hydrogen-bond acceptors (Lipinski definition) is 5. The number of rotatable bonds is 5. The van der Waals surface area contributed by atoms with Crippen molar-refractivity contribution >= 4 is 21.7 Å². The van der Waals surface area contributed by atoms with Crippen LogP contribution >= 0.6 is 0 Å². The number of aromatic nitrogens is 2. The second kappa shape index (κ2) is 7.88. The molecule has 1 aromatic carbocycles. The first-order valence-corrected chi connectivity index (χ1v) is 13.0. The highest BCUT2D eigenvalue weighted by molar-refractivity contribution is 7.90. The van der Waals surface area contributed by atoms with Crippen molar-refractivity contribution in [2.75, 3.05) is 18.4 Å². The largest absolute Gasteiger partial charge is 0.333 e. The molecular formula is C23H31N5O3S. The number of hydrogen-bond donors (Lipinski definition) is 2. The average Bonchev–Trinajstić information content (AvgIpc) is 3.43. The molecule has 1 aliphatic heterocycles. The Morgan fingerprint density at radius 1 is 1.09 bits per heavy atom. The Hall–Kier alpha value is -2.39. The summed E-state index contributed by atoms with van der Waals surface area (Å²) in [4.78, 5) is 15.1. The summed E-state index contributed by atoms with van der Waals surface area (Å²) < 4.78 is 29.6. The first kappa shape index (κ1) is 21.5. The van der Waals surface area contributed by atoms with Crippen molar-refractivity contribution in [2.45, 2.75) is 63.4 Å². The fourth-order valence-corrected chi connectivity index (χ4v) is 6.41. The number of nitrogens with one attached hydrogen (secondary N) is 2. The van der Waals surface area contributed by atoms with Crippen LogP contribution in [0.25, 0.3) is 0 Å². The molecule has 2 amide bonds. The molecule has 0 radical (unpaired) electrons. The molecule has 3 aliphatic rings. The van der Waals surface area contributed by atoms with Gasteiger partial charge >= 0.3 is 6.03 Å². The molecule has 2 aromatic rings. The van der Waals surface area contributed by atoms with Gasteiger partial charge in [0.15, 0.2) is 5.03 Å². The first-order valence-electron chi connectivity index (χ1n) is 11.5. The van der Waals surface area contributed by atoms with Gasteiger partial charge in [0.1, 0.15) is 0 Å². The lowest BCUT2D eigenvalue weighted by molar-refractivity contribution is 0.0666. The van der Waals surface area contributed by atoms with E-state index in [2.05, 4.69) is 40.0 Å². The van der Waals surface area contributed by atoms with Crippen molar-refractivity contribution in [1.82, 2.24) is 19.4 Å². The molecule has 32 heavy (non-hydrogen) atoms. The molecule has 0 bridgehead atoms. The second-order valence-corrected chi connectivity index (χ2v) is 11.2. The van der Waals surface area contributed by atoms with Crippen molar-refractivity contribution < 1.29 is 13.2 Å². The number of aryl methyl sites for hydroxylation is 3. The van der Waals surface area contributed by atoms with E-state index in [4.69, 9.17) is 0 Å². The van der Waals surface area contributed by atoms with E-state index in [0.29, 0.717) is 5.92 Å². The third-order valence-electron chi connectivity index (χ3n) is 7.18. The van der Waals surface area contributed by atoms with E-state index in [-0.39, 0.29) is 11.1 Å². The third-order valence-corrected chi connectivity index (χ3v) is 8.38. The number of fused-ring (bicyclic) bond motifs is 2. The minimum atomic E-state index is -4.08.